The zero-order valence-electron chi connectivity index (χ0n) is 18.9. The van der Waals surface area contributed by atoms with Crippen molar-refractivity contribution in [3.05, 3.63) is 77.2 Å². The number of nitrogens with one attached hydrogen (secondary N) is 1. The van der Waals surface area contributed by atoms with Gasteiger partial charge in [0.25, 0.3) is 5.91 Å². The van der Waals surface area contributed by atoms with Gasteiger partial charge in [-0.15, -0.1) is 0 Å². The van der Waals surface area contributed by atoms with Crippen molar-refractivity contribution < 1.29 is 9.18 Å². The lowest BCUT2D eigenvalue weighted by molar-refractivity contribution is 0.0856. The minimum absolute atomic E-state index is 0.249. The van der Waals surface area contributed by atoms with Gasteiger partial charge >= 0.3 is 0 Å². The van der Waals surface area contributed by atoms with E-state index in [0.717, 1.165) is 38.8 Å². The van der Waals surface area contributed by atoms with Crippen LogP contribution in [-0.4, -0.2) is 26.6 Å². The van der Waals surface area contributed by atoms with Crippen molar-refractivity contribution >= 4 is 17.4 Å². The van der Waals surface area contributed by atoms with Crippen molar-refractivity contribution in [2.24, 2.45) is 5.73 Å². The van der Waals surface area contributed by atoms with Gasteiger partial charge in [-0.2, -0.15) is 10.4 Å². The first-order valence-electron chi connectivity index (χ1n) is 11.6. The van der Waals surface area contributed by atoms with E-state index in [1.807, 2.05) is 0 Å². The lowest BCUT2D eigenvalue weighted by Gasteiger charge is -2.41. The molecule has 0 saturated heterocycles. The van der Waals surface area contributed by atoms with Crippen LogP contribution in [0.25, 0.3) is 0 Å². The van der Waals surface area contributed by atoms with Crippen molar-refractivity contribution in [3.63, 3.8) is 0 Å². The topological polar surface area (TPSA) is 100.0 Å². The monoisotopic (exact) mass is 458 g/mol. The first kappa shape index (κ1) is 22.1. The van der Waals surface area contributed by atoms with Crippen LogP contribution in [0.1, 0.15) is 53.6 Å². The van der Waals surface area contributed by atoms with Gasteiger partial charge in [0.05, 0.1) is 18.0 Å². The predicted octanol–water partition coefficient (Wildman–Crippen LogP) is 4.43. The number of nitrogens with zero attached hydrogens (tertiary/aromatic N) is 4. The molecule has 1 amide bonds. The number of fused-ring (bicyclic) bond motifs is 1. The van der Waals surface area contributed by atoms with Crippen LogP contribution in [-0.2, 0) is 18.6 Å². The maximum Gasteiger partial charge on any atom is 0.254 e. The summed E-state index contributed by atoms with van der Waals surface area (Å²) in [6.45, 7) is 1.93. The van der Waals surface area contributed by atoms with Crippen molar-refractivity contribution in [3.8, 4) is 6.07 Å². The molecule has 8 heteroatoms. The van der Waals surface area contributed by atoms with Crippen molar-refractivity contribution in [1.29, 1.82) is 5.26 Å². The van der Waals surface area contributed by atoms with E-state index in [1.165, 1.54) is 23.3 Å². The van der Waals surface area contributed by atoms with Gasteiger partial charge in [0.2, 0.25) is 0 Å². The van der Waals surface area contributed by atoms with Gasteiger partial charge in [0.1, 0.15) is 11.4 Å². The van der Waals surface area contributed by atoms with Crippen LogP contribution >= 0.6 is 0 Å². The van der Waals surface area contributed by atoms with E-state index in [0.29, 0.717) is 24.0 Å². The first-order chi connectivity index (χ1) is 16.5. The largest absolute Gasteiger partial charge is 0.365 e. The molecule has 0 radical (unpaired) electrons. The number of carbonyl (C=O) groups excluding carboxylic acids is 1. The Labute approximate surface area is 198 Å². The Morgan fingerprint density at radius 2 is 1.79 bits per heavy atom. The Morgan fingerprint density at radius 1 is 1.15 bits per heavy atom. The summed E-state index contributed by atoms with van der Waals surface area (Å²) in [5, 5.41) is 17.4. The number of benzene rings is 2. The van der Waals surface area contributed by atoms with Gasteiger partial charge in [-0.1, -0.05) is 24.3 Å². The number of rotatable bonds is 6. The van der Waals surface area contributed by atoms with Crippen LogP contribution in [0.5, 0.6) is 0 Å². The van der Waals surface area contributed by atoms with Crippen LogP contribution in [0.3, 0.4) is 0 Å². The number of amides is 1. The summed E-state index contributed by atoms with van der Waals surface area (Å²) in [5.74, 6) is -0.642. The van der Waals surface area contributed by atoms with E-state index in [-0.39, 0.29) is 11.4 Å². The summed E-state index contributed by atoms with van der Waals surface area (Å²) in [7, 11) is 0. The van der Waals surface area contributed by atoms with E-state index in [4.69, 9.17) is 5.73 Å². The van der Waals surface area contributed by atoms with E-state index < -0.39 is 11.4 Å². The summed E-state index contributed by atoms with van der Waals surface area (Å²) in [6, 6.07) is 17.2. The van der Waals surface area contributed by atoms with E-state index in [9.17, 15) is 14.4 Å². The minimum atomic E-state index is -0.605. The Balaban J connectivity index is 1.36. The summed E-state index contributed by atoms with van der Waals surface area (Å²) in [4.78, 5) is 14.7. The molecular weight excluding hydrogens is 431 g/mol. The van der Waals surface area contributed by atoms with Gasteiger partial charge in [-0.3, -0.25) is 14.4 Å². The fourth-order valence-corrected chi connectivity index (χ4v) is 5.32. The highest BCUT2D eigenvalue weighted by Gasteiger charge is 2.41. The summed E-state index contributed by atoms with van der Waals surface area (Å²) in [5.41, 5.74) is 8.78. The Morgan fingerprint density at radius 3 is 2.38 bits per heavy atom. The standard InChI is InChI=1S/C26H27FN6O/c27-20-5-7-21(8-6-20)30-25-23(24(29)34)17-33(31-25)26(13-14-28)11-9-22(10-12-26)32-15-18-3-1-2-4-19(18)16-32/h1-8,17,22H,9-13,15-16H2,(H2,29,34)(H,30,31). The first-order valence-corrected chi connectivity index (χ1v) is 11.6. The number of halogens is 1. The lowest BCUT2D eigenvalue weighted by atomic mass is 9.77. The number of aromatic nitrogens is 2. The second-order valence-electron chi connectivity index (χ2n) is 9.30. The number of primary amides is 1. The molecule has 1 aliphatic heterocycles. The molecule has 34 heavy (non-hydrogen) atoms. The molecular formula is C26H27FN6O. The second kappa shape index (κ2) is 8.92. The third-order valence-corrected chi connectivity index (χ3v) is 7.25. The van der Waals surface area contributed by atoms with Crippen molar-refractivity contribution in [2.75, 3.05) is 5.32 Å². The average molecular weight is 459 g/mol. The van der Waals surface area contributed by atoms with Crippen LogP contribution in [0, 0.1) is 17.1 Å². The number of nitrogens with two attached hydrogens (primary N) is 1. The van der Waals surface area contributed by atoms with Crippen LogP contribution in [0.4, 0.5) is 15.9 Å². The normalized spacial score (nSPS) is 22.2. The van der Waals surface area contributed by atoms with E-state index >= 15 is 0 Å². The molecule has 0 spiro atoms. The maximum atomic E-state index is 13.3. The minimum Gasteiger partial charge on any atom is -0.365 e. The highest BCUT2D eigenvalue weighted by atomic mass is 19.1. The van der Waals surface area contributed by atoms with Gasteiger partial charge in [-0.05, 0) is 61.1 Å². The molecule has 3 N–H and O–H groups in total. The number of hydrogen-bond donors (Lipinski definition) is 2. The fourth-order valence-electron chi connectivity index (χ4n) is 5.32. The van der Waals surface area contributed by atoms with Gasteiger partial charge in [-0.25, -0.2) is 4.39 Å². The van der Waals surface area contributed by atoms with Crippen LogP contribution in [0.15, 0.2) is 54.7 Å². The maximum absolute atomic E-state index is 13.3. The molecule has 2 aromatic carbocycles. The average Bonchev–Trinajstić information content (AvgIpc) is 3.46. The number of anilines is 2. The number of nitriles is 1. The van der Waals surface area contributed by atoms with Gasteiger partial charge in [0, 0.05) is 31.0 Å². The smallest absolute Gasteiger partial charge is 0.254 e. The van der Waals surface area contributed by atoms with Crippen molar-refractivity contribution in [1.82, 2.24) is 14.7 Å². The molecule has 2 aliphatic rings. The number of hydrogen-bond acceptors (Lipinski definition) is 5. The van der Waals surface area contributed by atoms with Crippen LogP contribution < -0.4 is 11.1 Å². The molecule has 1 saturated carbocycles. The summed E-state index contributed by atoms with van der Waals surface area (Å²) < 4.78 is 15.0. The second-order valence-corrected chi connectivity index (χ2v) is 9.30. The third-order valence-electron chi connectivity index (χ3n) is 7.25. The molecule has 7 nitrogen and oxygen atoms in total. The molecule has 0 atom stereocenters. The molecule has 1 aliphatic carbocycles. The Bertz CT molecular complexity index is 1210. The fraction of sp³-hybridized carbons (Fsp3) is 0.346. The highest BCUT2D eigenvalue weighted by molar-refractivity contribution is 5.98. The van der Waals surface area contributed by atoms with E-state index in [1.54, 1.807) is 23.0 Å². The predicted molar refractivity (Wildman–Crippen MR) is 127 cm³/mol. The molecule has 3 aromatic rings. The molecule has 174 valence electrons. The lowest BCUT2D eigenvalue weighted by Crippen LogP contribution is -2.43. The SMILES string of the molecule is N#CCC1(n2cc(C(N)=O)c(Nc3ccc(F)cc3)n2)CCC(N2Cc3ccccc3C2)CC1. The molecule has 5 rings (SSSR count). The van der Waals surface area contributed by atoms with E-state index in [2.05, 4.69) is 45.7 Å². The molecule has 2 heterocycles. The third kappa shape index (κ3) is 4.15. The van der Waals surface area contributed by atoms with Crippen molar-refractivity contribution in [2.45, 2.75) is 56.8 Å². The zero-order valence-corrected chi connectivity index (χ0v) is 18.9. The van der Waals surface area contributed by atoms with Gasteiger partial charge < -0.3 is 11.1 Å². The molecule has 1 fully saturated rings. The van der Waals surface area contributed by atoms with Crippen LogP contribution in [0.2, 0.25) is 0 Å². The summed E-state index contributed by atoms with van der Waals surface area (Å²) >= 11 is 0. The number of carbonyl (C=O) groups is 1. The molecule has 0 bridgehead atoms. The molecule has 1 aromatic heterocycles. The summed E-state index contributed by atoms with van der Waals surface area (Å²) in [6.07, 6.45) is 5.42. The Hall–Kier alpha value is -3.70. The van der Waals surface area contributed by atoms with Gasteiger partial charge in [0.15, 0.2) is 5.82 Å². The molecule has 0 unspecified atom stereocenters. The Kier molecular flexibility index (Phi) is 5.80. The zero-order chi connectivity index (χ0) is 23.7. The quantitative estimate of drug-likeness (QED) is 0.569. The highest BCUT2D eigenvalue weighted by Crippen LogP contribution is 2.41.